The smallest absolute Gasteiger partial charge is 0.147 e. The Morgan fingerprint density at radius 1 is 0.600 bits per heavy atom. The Morgan fingerprint density at radius 2 is 1.00 bits per heavy atom. The average molecular weight is 571 g/mol. The van der Waals surface area contributed by atoms with Gasteiger partial charge in [-0.3, -0.25) is 0 Å². The molecule has 0 saturated heterocycles. The van der Waals surface area contributed by atoms with Crippen LogP contribution in [0.1, 0.15) is 123 Å². The van der Waals surface area contributed by atoms with E-state index in [0.29, 0.717) is 0 Å². The molecule has 0 radical (unpaired) electrons. The fourth-order valence-electron chi connectivity index (χ4n) is 5.42. The standard InChI is InChI=1S/C22H46N.C5H5.4CH3.2ClH.Ti/c1-4-7-9-11-13-15-17-19-21-23(6-3)22-20-18-16-14-12-10-8-5-2;1-2-4-5-3-1;;;;;;;/h3-22H2,1-2H3;1-3H,4H2;4*1H3;2*1H;. The molecule has 1 nitrogen and oxygen atoms in total. The molecule has 0 spiro atoms. The second kappa shape index (κ2) is 18.9. The predicted molar refractivity (Wildman–Crippen MR) is 166 cm³/mol. The molecule has 0 aliphatic heterocycles. The summed E-state index contributed by atoms with van der Waals surface area (Å²) >= 11 is -3.08. The van der Waals surface area contributed by atoms with E-state index >= 15 is 0 Å². The van der Waals surface area contributed by atoms with E-state index in [9.17, 15) is 0 Å². The van der Waals surface area contributed by atoms with Crippen LogP contribution in [-0.2, 0) is 14.0 Å². The fraction of sp³-hybridized carbons (Fsp3) is 0.871. The molecular formula is C31H65Cl2NTi. The zero-order valence-electron chi connectivity index (χ0n) is 24.8. The Kier molecular flexibility index (Phi) is 20.5. The van der Waals surface area contributed by atoms with Crippen molar-refractivity contribution in [3.63, 3.8) is 0 Å². The van der Waals surface area contributed by atoms with Gasteiger partial charge in [-0.2, -0.15) is 0 Å². The number of rotatable bonds is 22. The molecule has 0 aromatic carbocycles. The average Bonchev–Trinajstić information content (AvgIpc) is 3.31. The molecule has 1 aliphatic carbocycles. The van der Waals surface area contributed by atoms with E-state index in [0.717, 1.165) is 0 Å². The first-order valence-electron chi connectivity index (χ1n) is 15.2. The van der Waals surface area contributed by atoms with Crippen LogP contribution in [0.5, 0.6) is 0 Å². The van der Waals surface area contributed by atoms with Crippen LogP contribution in [-0.4, -0.2) is 24.5 Å². The molecule has 1 aliphatic rings. The summed E-state index contributed by atoms with van der Waals surface area (Å²) in [7, 11) is 0. The van der Waals surface area contributed by atoms with Crippen molar-refractivity contribution in [1.82, 2.24) is 4.90 Å². The molecule has 0 amide bonds. The van der Waals surface area contributed by atoms with Crippen LogP contribution >= 0.6 is 24.8 Å². The molecule has 35 heavy (non-hydrogen) atoms. The largest absolute Gasteiger partial charge is 0.147 e. The van der Waals surface area contributed by atoms with E-state index in [4.69, 9.17) is 0 Å². The van der Waals surface area contributed by atoms with Crippen LogP contribution in [0, 0.1) is 0 Å². The monoisotopic (exact) mass is 569 g/mol. The summed E-state index contributed by atoms with van der Waals surface area (Å²) in [6, 6.07) is 0. The van der Waals surface area contributed by atoms with Crippen molar-refractivity contribution < 1.29 is 14.0 Å². The molecule has 0 atom stereocenters. The van der Waals surface area contributed by atoms with Gasteiger partial charge in [0.05, 0.1) is 0 Å². The van der Waals surface area contributed by atoms with E-state index in [2.05, 4.69) is 57.9 Å². The first-order chi connectivity index (χ1) is 15.6. The number of nitrogens with zero attached hydrogens (tertiary/aromatic N) is 1. The summed E-state index contributed by atoms with van der Waals surface area (Å²) < 4.78 is 3.20. The second-order valence-electron chi connectivity index (χ2n) is 14.5. The maximum atomic E-state index is 2.86. The number of allylic oxidation sites excluding steroid dienone is 4. The van der Waals surface area contributed by atoms with Crippen molar-refractivity contribution in [2.75, 3.05) is 19.6 Å². The zero-order chi connectivity index (χ0) is 24.5. The summed E-state index contributed by atoms with van der Waals surface area (Å²) in [5.41, 5.74) is 0. The Bertz CT molecular complexity index is 555. The minimum atomic E-state index is -3.08. The third-order valence-corrected chi connectivity index (χ3v) is 17.7. The molecule has 1 rings (SSSR count). The molecule has 212 valence electrons. The minimum absolute atomic E-state index is 0. The van der Waals surface area contributed by atoms with Crippen molar-refractivity contribution in [3.05, 3.63) is 22.1 Å². The molecule has 4 heteroatoms. The quantitative estimate of drug-likeness (QED) is 0.0924. The van der Waals surface area contributed by atoms with E-state index in [1.54, 1.807) is 3.88 Å². The SMILES string of the molecule is CCCCCCCCCCN(CCCCCCCCCC)C[CH2][Ti]([CH3])([CH3])([CH3])([CH3])[C]1=CC=CC1.Cl.Cl. The van der Waals surface area contributed by atoms with Gasteiger partial charge in [0.2, 0.25) is 0 Å². The van der Waals surface area contributed by atoms with Gasteiger partial charge in [-0.1, -0.05) is 13.8 Å². The van der Waals surface area contributed by atoms with Gasteiger partial charge in [0.15, 0.2) is 0 Å². The van der Waals surface area contributed by atoms with Gasteiger partial charge in [-0.25, -0.2) is 0 Å². The van der Waals surface area contributed by atoms with Gasteiger partial charge in [-0.15, -0.1) is 24.8 Å². The third-order valence-electron chi connectivity index (χ3n) is 8.49. The maximum absolute atomic E-state index is 3.08. The number of halogens is 2. The van der Waals surface area contributed by atoms with Gasteiger partial charge in [0, 0.05) is 0 Å². The molecule has 0 bridgehead atoms. The maximum Gasteiger partial charge on any atom is -0.147 e. The van der Waals surface area contributed by atoms with Crippen LogP contribution in [0.25, 0.3) is 0 Å². The summed E-state index contributed by atoms with van der Waals surface area (Å²) in [5.74, 6) is 0. The van der Waals surface area contributed by atoms with Crippen LogP contribution in [0.3, 0.4) is 0 Å². The van der Waals surface area contributed by atoms with E-state index in [1.165, 1.54) is 134 Å². The molecule has 0 aromatic heterocycles. The van der Waals surface area contributed by atoms with Gasteiger partial charge in [-0.05, 0) is 0 Å². The molecule has 0 heterocycles. The Hall–Kier alpha value is 0.734. The summed E-state index contributed by atoms with van der Waals surface area (Å²) in [4.78, 5) is 2.86. The van der Waals surface area contributed by atoms with Crippen molar-refractivity contribution >= 4 is 24.8 Å². The fourth-order valence-corrected chi connectivity index (χ4v) is 11.0. The molecule has 0 unspecified atom stereocenters. The van der Waals surface area contributed by atoms with E-state index in [1.807, 2.05) is 0 Å². The summed E-state index contributed by atoms with van der Waals surface area (Å²) in [6.07, 6.45) is 31.2. The van der Waals surface area contributed by atoms with Gasteiger partial charge >= 0.3 is 195 Å². The second-order valence-corrected chi connectivity index (χ2v) is 33.7. The van der Waals surface area contributed by atoms with E-state index < -0.39 is 14.0 Å². The first kappa shape index (κ1) is 37.9. The minimum Gasteiger partial charge on any atom is -0.147 e. The van der Waals surface area contributed by atoms with E-state index in [-0.39, 0.29) is 24.8 Å². The first-order valence-corrected chi connectivity index (χ1v) is 23.3. The number of unbranched alkanes of at least 4 members (excludes halogenated alkanes) is 14. The Labute approximate surface area is 233 Å². The molecule has 0 fully saturated rings. The van der Waals surface area contributed by atoms with Crippen LogP contribution in [0.4, 0.5) is 0 Å². The van der Waals surface area contributed by atoms with Crippen molar-refractivity contribution in [1.29, 1.82) is 0 Å². The van der Waals surface area contributed by atoms with Crippen molar-refractivity contribution in [3.8, 4) is 0 Å². The number of hydrogen-bond donors (Lipinski definition) is 0. The predicted octanol–water partition coefficient (Wildman–Crippen LogP) is 12.1. The van der Waals surface area contributed by atoms with Gasteiger partial charge < -0.3 is 0 Å². The normalized spacial score (nSPS) is 15.3. The molecule has 0 N–H and O–H groups in total. The van der Waals surface area contributed by atoms with Crippen LogP contribution in [0.15, 0.2) is 22.1 Å². The Balaban J connectivity index is 0. The zero-order valence-corrected chi connectivity index (χ0v) is 28.0. The van der Waals surface area contributed by atoms with Gasteiger partial charge in [0.1, 0.15) is 0 Å². The Morgan fingerprint density at radius 3 is 1.37 bits per heavy atom. The summed E-state index contributed by atoms with van der Waals surface area (Å²) in [6.45, 7) is 8.59. The molecule has 0 aromatic rings. The van der Waals surface area contributed by atoms with Crippen molar-refractivity contribution in [2.24, 2.45) is 0 Å². The van der Waals surface area contributed by atoms with Crippen molar-refractivity contribution in [2.45, 2.75) is 149 Å². The third kappa shape index (κ3) is 17.8. The summed E-state index contributed by atoms with van der Waals surface area (Å²) in [5, 5.41) is 10.7. The van der Waals surface area contributed by atoms with Gasteiger partial charge in [0.25, 0.3) is 0 Å². The number of hydrogen-bond acceptors (Lipinski definition) is 1. The molecular weight excluding hydrogens is 505 g/mol. The topological polar surface area (TPSA) is 3.24 Å². The van der Waals surface area contributed by atoms with Crippen LogP contribution in [0.2, 0.25) is 25.6 Å². The van der Waals surface area contributed by atoms with Crippen LogP contribution < -0.4 is 0 Å². The molecule has 0 saturated carbocycles.